The van der Waals surface area contributed by atoms with Gasteiger partial charge in [-0.05, 0) is 42.5 Å². The minimum atomic E-state index is -4.72. The first-order valence-corrected chi connectivity index (χ1v) is 12.5. The number of alkyl halides is 3. The number of hydrogen-bond donors (Lipinski definition) is 2. The van der Waals surface area contributed by atoms with Gasteiger partial charge in [-0.15, -0.1) is 0 Å². The summed E-state index contributed by atoms with van der Waals surface area (Å²) < 4.78 is 46.7. The van der Waals surface area contributed by atoms with E-state index in [0.29, 0.717) is 18.8 Å². The van der Waals surface area contributed by atoms with Crippen molar-refractivity contribution < 1.29 is 32.6 Å². The molecule has 1 amide bonds. The first-order chi connectivity index (χ1) is 18.6. The summed E-state index contributed by atoms with van der Waals surface area (Å²) in [6.07, 6.45) is -3.42. The lowest BCUT2D eigenvalue weighted by atomic mass is 9.90. The number of rotatable bonds is 8. The van der Waals surface area contributed by atoms with Crippen LogP contribution in [-0.4, -0.2) is 52.2 Å². The second-order valence-electron chi connectivity index (χ2n) is 9.47. The highest BCUT2D eigenvalue weighted by atomic mass is 19.4. The molecule has 0 bridgehead atoms. The smallest absolute Gasteiger partial charge is 0.419 e. The number of esters is 1. The van der Waals surface area contributed by atoms with Crippen LogP contribution in [0.5, 0.6) is 0 Å². The van der Waals surface area contributed by atoms with Crippen LogP contribution in [0.4, 0.5) is 29.6 Å². The van der Waals surface area contributed by atoms with Crippen molar-refractivity contribution in [2.75, 3.05) is 25.5 Å². The minimum absolute atomic E-state index is 0.0385. The monoisotopic (exact) mass is 542 g/mol. The summed E-state index contributed by atoms with van der Waals surface area (Å²) in [7, 11) is 1.19. The standard InChI is InChI=1S/C28H29F3N4O4/c1-39-24(36)15-21(14-18-6-3-2-4-7-18)25-23(28(29,30)31)16-32-26(34-25)33-22-11-9-19(10-12-22)20-8-5-13-35(17-20)27(37)38/h2-4,6-7,9-12,16,20-21H,5,8,13-15,17H2,1H3,(H,37,38)(H,32,33,34). The molecular formula is C28H29F3N4O4. The van der Waals surface area contributed by atoms with Crippen LogP contribution in [0.2, 0.25) is 0 Å². The topological polar surface area (TPSA) is 105 Å². The Morgan fingerprint density at radius 2 is 1.87 bits per heavy atom. The molecule has 2 unspecified atom stereocenters. The molecule has 1 saturated heterocycles. The fourth-order valence-corrected chi connectivity index (χ4v) is 4.82. The van der Waals surface area contributed by atoms with Crippen molar-refractivity contribution in [2.45, 2.75) is 43.7 Å². The highest BCUT2D eigenvalue weighted by Crippen LogP contribution is 2.37. The molecule has 0 saturated carbocycles. The third-order valence-corrected chi connectivity index (χ3v) is 6.81. The quantitative estimate of drug-likeness (QED) is 0.337. The Hall–Kier alpha value is -4.15. The van der Waals surface area contributed by atoms with Crippen LogP contribution in [0, 0.1) is 0 Å². The Bertz CT molecular complexity index is 1290. The molecule has 2 N–H and O–H groups in total. The zero-order valence-corrected chi connectivity index (χ0v) is 21.3. The van der Waals surface area contributed by atoms with E-state index in [1.165, 1.54) is 12.0 Å². The Morgan fingerprint density at radius 1 is 1.15 bits per heavy atom. The maximum absolute atomic E-state index is 14.0. The number of nitrogens with zero attached hydrogens (tertiary/aromatic N) is 3. The van der Waals surface area contributed by atoms with Gasteiger partial charge in [-0.2, -0.15) is 13.2 Å². The number of aromatic nitrogens is 2. The highest BCUT2D eigenvalue weighted by Gasteiger charge is 2.38. The van der Waals surface area contributed by atoms with Gasteiger partial charge in [0.1, 0.15) is 0 Å². The molecule has 1 aliphatic heterocycles. The zero-order valence-electron chi connectivity index (χ0n) is 21.3. The Labute approximate surface area is 223 Å². The molecule has 0 radical (unpaired) electrons. The molecule has 4 rings (SSSR count). The van der Waals surface area contributed by atoms with Gasteiger partial charge in [0.15, 0.2) is 0 Å². The first kappa shape index (κ1) is 27.9. The third kappa shape index (κ3) is 7.24. The molecular weight excluding hydrogens is 513 g/mol. The summed E-state index contributed by atoms with van der Waals surface area (Å²) >= 11 is 0. The van der Waals surface area contributed by atoms with Crippen LogP contribution in [0.15, 0.2) is 60.8 Å². The van der Waals surface area contributed by atoms with E-state index in [1.54, 1.807) is 42.5 Å². The van der Waals surface area contributed by atoms with Gasteiger partial charge in [0.05, 0.1) is 24.8 Å². The lowest BCUT2D eigenvalue weighted by molar-refractivity contribution is -0.143. The number of carboxylic acid groups (broad SMARTS) is 1. The molecule has 1 aromatic heterocycles. The van der Waals surface area contributed by atoms with Gasteiger partial charge in [-0.25, -0.2) is 14.8 Å². The molecule has 1 fully saturated rings. The Kier molecular flexibility index (Phi) is 8.68. The van der Waals surface area contributed by atoms with Crippen molar-refractivity contribution in [1.29, 1.82) is 0 Å². The summed E-state index contributed by atoms with van der Waals surface area (Å²) in [6.45, 7) is 0.927. The van der Waals surface area contributed by atoms with Crippen molar-refractivity contribution in [2.24, 2.45) is 0 Å². The van der Waals surface area contributed by atoms with E-state index in [4.69, 9.17) is 4.74 Å². The summed E-state index contributed by atoms with van der Waals surface area (Å²) in [6, 6.07) is 16.1. The zero-order chi connectivity index (χ0) is 28.0. The number of anilines is 2. The normalized spacial score (nSPS) is 16.4. The van der Waals surface area contributed by atoms with E-state index >= 15 is 0 Å². The largest absolute Gasteiger partial charge is 0.469 e. The minimum Gasteiger partial charge on any atom is -0.469 e. The van der Waals surface area contributed by atoms with E-state index in [1.807, 2.05) is 12.1 Å². The van der Waals surface area contributed by atoms with Crippen LogP contribution in [0.3, 0.4) is 0 Å². The van der Waals surface area contributed by atoms with E-state index in [-0.39, 0.29) is 30.4 Å². The predicted octanol–water partition coefficient (Wildman–Crippen LogP) is 5.99. The fourth-order valence-electron chi connectivity index (χ4n) is 4.82. The molecule has 39 heavy (non-hydrogen) atoms. The maximum atomic E-state index is 14.0. The number of halogens is 3. The molecule has 0 aliphatic carbocycles. The molecule has 2 atom stereocenters. The molecule has 11 heteroatoms. The summed E-state index contributed by atoms with van der Waals surface area (Å²) in [5, 5.41) is 12.2. The second kappa shape index (κ2) is 12.1. The third-order valence-electron chi connectivity index (χ3n) is 6.81. The van der Waals surface area contributed by atoms with E-state index in [0.717, 1.165) is 30.2 Å². The maximum Gasteiger partial charge on any atom is 0.419 e. The fraction of sp³-hybridized carbons (Fsp3) is 0.357. The lowest BCUT2D eigenvalue weighted by Crippen LogP contribution is -2.38. The number of piperidine rings is 1. The number of methoxy groups -OCH3 is 1. The van der Waals surface area contributed by atoms with Gasteiger partial charge < -0.3 is 20.1 Å². The number of carbonyl (C=O) groups excluding carboxylic acids is 1. The van der Waals surface area contributed by atoms with Crippen LogP contribution in [0.1, 0.15) is 53.5 Å². The molecule has 1 aliphatic rings. The van der Waals surface area contributed by atoms with Crippen LogP contribution >= 0.6 is 0 Å². The van der Waals surface area contributed by atoms with Crippen molar-refractivity contribution in [3.8, 4) is 0 Å². The van der Waals surface area contributed by atoms with Gasteiger partial charge >= 0.3 is 18.2 Å². The molecule has 3 aromatic rings. The predicted molar refractivity (Wildman–Crippen MR) is 138 cm³/mol. The average molecular weight is 543 g/mol. The van der Waals surface area contributed by atoms with E-state index < -0.39 is 29.7 Å². The van der Waals surface area contributed by atoms with Crippen molar-refractivity contribution in [3.63, 3.8) is 0 Å². The second-order valence-corrected chi connectivity index (χ2v) is 9.47. The number of nitrogens with one attached hydrogen (secondary N) is 1. The summed E-state index contributed by atoms with van der Waals surface area (Å²) in [5.74, 6) is -1.51. The van der Waals surface area contributed by atoms with Crippen molar-refractivity contribution in [3.05, 3.63) is 83.2 Å². The van der Waals surface area contributed by atoms with Gasteiger partial charge in [-0.1, -0.05) is 42.5 Å². The SMILES string of the molecule is COC(=O)CC(Cc1ccccc1)c1nc(Nc2ccc(C3CCCN(C(=O)O)C3)cc2)ncc1C(F)(F)F. The number of hydrogen-bond acceptors (Lipinski definition) is 6. The Balaban J connectivity index is 1.60. The molecule has 0 spiro atoms. The van der Waals surface area contributed by atoms with Crippen LogP contribution in [0.25, 0.3) is 0 Å². The Morgan fingerprint density at radius 3 is 2.51 bits per heavy atom. The van der Waals surface area contributed by atoms with Gasteiger partial charge in [-0.3, -0.25) is 4.79 Å². The number of amides is 1. The van der Waals surface area contributed by atoms with Gasteiger partial charge in [0.2, 0.25) is 5.95 Å². The highest BCUT2D eigenvalue weighted by molar-refractivity contribution is 5.70. The molecule has 2 aromatic carbocycles. The number of ether oxygens (including phenoxy) is 1. The van der Waals surface area contributed by atoms with E-state index in [9.17, 15) is 27.9 Å². The summed E-state index contributed by atoms with van der Waals surface area (Å²) in [4.78, 5) is 33.0. The van der Waals surface area contributed by atoms with Gasteiger partial charge in [0, 0.05) is 36.8 Å². The molecule has 8 nitrogen and oxygen atoms in total. The average Bonchev–Trinajstić information content (AvgIpc) is 2.93. The van der Waals surface area contributed by atoms with Crippen molar-refractivity contribution in [1.82, 2.24) is 14.9 Å². The van der Waals surface area contributed by atoms with Crippen molar-refractivity contribution >= 4 is 23.7 Å². The number of carbonyl (C=O) groups is 2. The van der Waals surface area contributed by atoms with E-state index in [2.05, 4.69) is 15.3 Å². The number of likely N-dealkylation sites (tertiary alicyclic amines) is 1. The lowest BCUT2D eigenvalue weighted by Gasteiger charge is -2.31. The molecule has 2 heterocycles. The van der Waals surface area contributed by atoms with Crippen LogP contribution < -0.4 is 5.32 Å². The summed E-state index contributed by atoms with van der Waals surface area (Å²) in [5.41, 5.74) is 0.993. The van der Waals surface area contributed by atoms with Crippen LogP contribution in [-0.2, 0) is 22.1 Å². The first-order valence-electron chi connectivity index (χ1n) is 12.5. The van der Waals surface area contributed by atoms with Gasteiger partial charge in [0.25, 0.3) is 0 Å². The number of benzene rings is 2. The molecule has 206 valence electrons.